The predicted molar refractivity (Wildman–Crippen MR) is 78.5 cm³/mol. The number of anilines is 1. The van der Waals surface area contributed by atoms with Crippen molar-refractivity contribution in [1.82, 2.24) is 9.80 Å². The molecule has 0 spiro atoms. The van der Waals surface area contributed by atoms with E-state index in [9.17, 15) is 4.79 Å². The molecule has 106 valence electrons. The van der Waals surface area contributed by atoms with Crippen molar-refractivity contribution >= 4 is 11.7 Å². The molecule has 0 radical (unpaired) electrons. The number of nitriles is 1. The summed E-state index contributed by atoms with van der Waals surface area (Å²) in [7, 11) is 0. The predicted octanol–water partition coefficient (Wildman–Crippen LogP) is 2.12. The highest BCUT2D eigenvalue weighted by Gasteiger charge is 2.20. The summed E-state index contributed by atoms with van der Waals surface area (Å²) in [5.41, 5.74) is 1.22. The van der Waals surface area contributed by atoms with Gasteiger partial charge in [0.05, 0.1) is 11.6 Å². The van der Waals surface area contributed by atoms with Gasteiger partial charge in [-0.05, 0) is 31.2 Å². The fraction of sp³-hybridized carbons (Fsp3) is 0.467. The monoisotopic (exact) mass is 272 g/mol. The van der Waals surface area contributed by atoms with Crippen LogP contribution in [0.4, 0.5) is 10.5 Å². The first-order chi connectivity index (χ1) is 9.72. The van der Waals surface area contributed by atoms with Gasteiger partial charge in [0.15, 0.2) is 0 Å². The molecule has 1 fully saturated rings. The van der Waals surface area contributed by atoms with Crippen LogP contribution in [0.1, 0.15) is 18.9 Å². The van der Waals surface area contributed by atoms with Crippen molar-refractivity contribution < 1.29 is 4.79 Å². The summed E-state index contributed by atoms with van der Waals surface area (Å²) in [6.07, 6.45) is 1.15. The second-order valence-corrected chi connectivity index (χ2v) is 4.95. The Hall–Kier alpha value is -2.06. The molecule has 1 N–H and O–H groups in total. The van der Waals surface area contributed by atoms with Crippen molar-refractivity contribution in [2.75, 3.05) is 38.0 Å². The van der Waals surface area contributed by atoms with Crippen molar-refractivity contribution in [3.8, 4) is 6.07 Å². The number of nitrogens with zero attached hydrogens (tertiary/aromatic N) is 3. The van der Waals surface area contributed by atoms with Gasteiger partial charge in [-0.15, -0.1) is 0 Å². The normalized spacial score (nSPS) is 15.7. The molecule has 0 saturated carbocycles. The number of nitrogens with one attached hydrogen (secondary N) is 1. The zero-order valence-electron chi connectivity index (χ0n) is 11.8. The molecule has 2 rings (SSSR count). The van der Waals surface area contributed by atoms with Gasteiger partial charge in [-0.3, -0.25) is 4.90 Å². The molecule has 5 nitrogen and oxygen atoms in total. The summed E-state index contributed by atoms with van der Waals surface area (Å²) in [5.74, 6) is 0. The zero-order valence-corrected chi connectivity index (χ0v) is 11.8. The number of urea groups is 1. The maximum atomic E-state index is 12.1. The maximum Gasteiger partial charge on any atom is 0.321 e. The van der Waals surface area contributed by atoms with Crippen molar-refractivity contribution in [1.29, 1.82) is 5.26 Å². The number of piperazine rings is 1. The van der Waals surface area contributed by atoms with Gasteiger partial charge < -0.3 is 10.2 Å². The summed E-state index contributed by atoms with van der Waals surface area (Å²) in [6, 6.07) is 8.96. The van der Waals surface area contributed by atoms with Crippen molar-refractivity contribution in [2.24, 2.45) is 0 Å². The van der Waals surface area contributed by atoms with E-state index in [0.717, 1.165) is 39.1 Å². The van der Waals surface area contributed by atoms with Crippen LogP contribution in [0.2, 0.25) is 0 Å². The fourth-order valence-electron chi connectivity index (χ4n) is 2.36. The van der Waals surface area contributed by atoms with Crippen LogP contribution in [0, 0.1) is 11.3 Å². The first-order valence-corrected chi connectivity index (χ1v) is 7.01. The summed E-state index contributed by atoms with van der Waals surface area (Å²) in [4.78, 5) is 16.3. The van der Waals surface area contributed by atoms with Crippen molar-refractivity contribution in [3.63, 3.8) is 0 Å². The molecule has 1 aromatic rings. The van der Waals surface area contributed by atoms with E-state index in [2.05, 4.69) is 23.2 Å². The number of hydrogen-bond donors (Lipinski definition) is 1. The second-order valence-electron chi connectivity index (χ2n) is 4.95. The van der Waals surface area contributed by atoms with Gasteiger partial charge in [0.1, 0.15) is 0 Å². The summed E-state index contributed by atoms with van der Waals surface area (Å²) >= 11 is 0. The molecule has 1 heterocycles. The van der Waals surface area contributed by atoms with Crippen molar-refractivity contribution in [2.45, 2.75) is 13.3 Å². The zero-order chi connectivity index (χ0) is 14.4. The first-order valence-electron chi connectivity index (χ1n) is 7.01. The smallest absolute Gasteiger partial charge is 0.321 e. The number of rotatable bonds is 3. The highest BCUT2D eigenvalue weighted by Crippen LogP contribution is 2.11. The maximum absolute atomic E-state index is 12.1. The third-order valence-corrected chi connectivity index (χ3v) is 3.44. The molecule has 2 amide bonds. The average Bonchev–Trinajstić information content (AvgIpc) is 2.48. The third kappa shape index (κ3) is 3.72. The minimum atomic E-state index is -0.0868. The largest absolute Gasteiger partial charge is 0.322 e. The lowest BCUT2D eigenvalue weighted by atomic mass is 10.2. The molecular formula is C15H20N4O. The number of carbonyl (C=O) groups excluding carboxylic acids is 1. The molecule has 1 aliphatic rings. The van der Waals surface area contributed by atoms with Crippen LogP contribution >= 0.6 is 0 Å². The van der Waals surface area contributed by atoms with E-state index < -0.39 is 0 Å². The highest BCUT2D eigenvalue weighted by molar-refractivity contribution is 5.89. The lowest BCUT2D eigenvalue weighted by molar-refractivity contribution is 0.147. The van der Waals surface area contributed by atoms with E-state index >= 15 is 0 Å². The van der Waals surface area contributed by atoms with Gasteiger partial charge in [0.2, 0.25) is 0 Å². The van der Waals surface area contributed by atoms with Crippen LogP contribution in [0.15, 0.2) is 24.3 Å². The lowest BCUT2D eigenvalue weighted by Gasteiger charge is -2.34. The van der Waals surface area contributed by atoms with Crippen molar-refractivity contribution in [3.05, 3.63) is 29.8 Å². The SMILES string of the molecule is CCCN1CCN(C(=O)Nc2cccc(C#N)c2)CC1. The Kier molecular flexibility index (Phi) is 4.97. The fourth-order valence-corrected chi connectivity index (χ4v) is 2.36. The molecule has 5 heteroatoms. The minimum Gasteiger partial charge on any atom is -0.322 e. The number of hydrogen-bond acceptors (Lipinski definition) is 3. The topological polar surface area (TPSA) is 59.4 Å². The van der Waals surface area contributed by atoms with Gasteiger partial charge in [0, 0.05) is 31.9 Å². The van der Waals surface area contributed by atoms with E-state index in [1.165, 1.54) is 0 Å². The summed E-state index contributed by atoms with van der Waals surface area (Å²) in [5, 5.41) is 11.7. The van der Waals surface area contributed by atoms with E-state index in [1.54, 1.807) is 24.3 Å². The second kappa shape index (κ2) is 6.92. The molecule has 0 aliphatic carbocycles. The van der Waals surface area contributed by atoms with Crippen LogP contribution in [-0.2, 0) is 0 Å². The molecule has 0 bridgehead atoms. The Balaban J connectivity index is 1.88. The lowest BCUT2D eigenvalue weighted by Crippen LogP contribution is -2.50. The van der Waals surface area contributed by atoms with Crippen LogP contribution in [-0.4, -0.2) is 48.6 Å². The molecule has 1 aromatic carbocycles. The van der Waals surface area contributed by atoms with E-state index in [4.69, 9.17) is 5.26 Å². The Labute approximate surface area is 119 Å². The molecule has 0 aromatic heterocycles. The van der Waals surface area contributed by atoms with Gasteiger partial charge in [-0.2, -0.15) is 5.26 Å². The number of carbonyl (C=O) groups is 1. The summed E-state index contributed by atoms with van der Waals surface area (Å²) in [6.45, 7) is 6.63. The number of benzene rings is 1. The minimum absolute atomic E-state index is 0.0868. The highest BCUT2D eigenvalue weighted by atomic mass is 16.2. The standard InChI is InChI=1S/C15H20N4O/c1-2-6-18-7-9-19(10-8-18)15(20)17-14-5-3-4-13(11-14)12-16/h3-5,11H,2,6-10H2,1H3,(H,17,20). The average molecular weight is 272 g/mol. The first kappa shape index (κ1) is 14.4. The van der Waals surface area contributed by atoms with E-state index in [-0.39, 0.29) is 6.03 Å². The van der Waals surface area contributed by atoms with Crippen LogP contribution in [0.25, 0.3) is 0 Å². The Morgan fingerprint density at radius 3 is 2.75 bits per heavy atom. The molecule has 20 heavy (non-hydrogen) atoms. The molecule has 1 aliphatic heterocycles. The molecular weight excluding hydrogens is 252 g/mol. The molecule has 1 saturated heterocycles. The van der Waals surface area contributed by atoms with Crippen LogP contribution in [0.3, 0.4) is 0 Å². The Bertz CT molecular complexity index is 501. The quantitative estimate of drug-likeness (QED) is 0.917. The van der Waals surface area contributed by atoms with Crippen LogP contribution in [0.5, 0.6) is 0 Å². The summed E-state index contributed by atoms with van der Waals surface area (Å²) < 4.78 is 0. The Morgan fingerprint density at radius 2 is 2.10 bits per heavy atom. The van der Waals surface area contributed by atoms with E-state index in [1.807, 2.05) is 4.90 Å². The van der Waals surface area contributed by atoms with Gasteiger partial charge >= 0.3 is 6.03 Å². The number of amides is 2. The van der Waals surface area contributed by atoms with E-state index in [0.29, 0.717) is 11.3 Å². The Morgan fingerprint density at radius 1 is 1.35 bits per heavy atom. The van der Waals surface area contributed by atoms with Crippen LogP contribution < -0.4 is 5.32 Å². The van der Waals surface area contributed by atoms with Gasteiger partial charge in [-0.1, -0.05) is 13.0 Å². The van der Waals surface area contributed by atoms with Gasteiger partial charge in [0.25, 0.3) is 0 Å². The molecule has 0 atom stereocenters. The van der Waals surface area contributed by atoms with Gasteiger partial charge in [-0.25, -0.2) is 4.79 Å². The third-order valence-electron chi connectivity index (χ3n) is 3.44. The molecule has 0 unspecified atom stereocenters.